The maximum atomic E-state index is 13.0. The third-order valence-corrected chi connectivity index (χ3v) is 3.11. The third-order valence-electron chi connectivity index (χ3n) is 2.82. The number of rotatable bonds is 8. The van der Waals surface area contributed by atoms with Gasteiger partial charge in [0.2, 0.25) is 0 Å². The molecule has 1 aromatic rings. The summed E-state index contributed by atoms with van der Waals surface area (Å²) in [6.07, 6.45) is 2.91. The van der Waals surface area contributed by atoms with Crippen molar-refractivity contribution < 1.29 is 13.9 Å². The Bertz CT molecular complexity index is 447. The molecule has 1 aromatic carbocycles. The Morgan fingerprint density at radius 3 is 2.81 bits per heavy atom. The second kappa shape index (κ2) is 10.7. The second-order valence-corrected chi connectivity index (χ2v) is 4.91. The lowest BCUT2D eigenvalue weighted by atomic mass is 10.1. The van der Waals surface area contributed by atoms with Gasteiger partial charge in [-0.1, -0.05) is 31.4 Å². The first-order valence-electron chi connectivity index (χ1n) is 6.64. The van der Waals surface area contributed by atoms with Crippen LogP contribution in [0.15, 0.2) is 18.2 Å². The lowest BCUT2D eigenvalue weighted by Gasteiger charge is -2.16. The molecule has 0 aliphatic carbocycles. The van der Waals surface area contributed by atoms with E-state index in [0.29, 0.717) is 12.3 Å². The van der Waals surface area contributed by atoms with Gasteiger partial charge in [0.15, 0.2) is 6.61 Å². The molecule has 7 heteroatoms. The van der Waals surface area contributed by atoms with Gasteiger partial charge in [0, 0.05) is 18.7 Å². The molecule has 1 atom stereocenters. The highest BCUT2D eigenvalue weighted by Crippen LogP contribution is 2.20. The molecular formula is C14H21Cl2FN2O2. The number of halogens is 3. The maximum absolute atomic E-state index is 13.0. The van der Waals surface area contributed by atoms with Gasteiger partial charge in [-0.3, -0.25) is 4.79 Å². The van der Waals surface area contributed by atoms with Gasteiger partial charge in [0.1, 0.15) is 11.6 Å². The van der Waals surface area contributed by atoms with E-state index in [1.54, 1.807) is 0 Å². The summed E-state index contributed by atoms with van der Waals surface area (Å²) in [5, 5.41) is 2.77. The highest BCUT2D eigenvalue weighted by atomic mass is 35.5. The van der Waals surface area contributed by atoms with E-state index in [9.17, 15) is 9.18 Å². The van der Waals surface area contributed by atoms with Gasteiger partial charge < -0.3 is 15.8 Å². The number of hydrogen-bond donors (Lipinski definition) is 2. The van der Waals surface area contributed by atoms with Crippen molar-refractivity contribution in [2.45, 2.75) is 32.2 Å². The smallest absolute Gasteiger partial charge is 0.258 e. The summed E-state index contributed by atoms with van der Waals surface area (Å²) in [7, 11) is 0. The van der Waals surface area contributed by atoms with E-state index in [4.69, 9.17) is 22.1 Å². The predicted molar refractivity (Wildman–Crippen MR) is 84.7 cm³/mol. The Morgan fingerprint density at radius 2 is 2.24 bits per heavy atom. The first-order valence-corrected chi connectivity index (χ1v) is 7.01. The van der Waals surface area contributed by atoms with E-state index in [1.807, 2.05) is 0 Å². The molecule has 0 saturated carbocycles. The molecule has 0 fully saturated rings. The molecule has 21 heavy (non-hydrogen) atoms. The molecule has 1 unspecified atom stereocenters. The van der Waals surface area contributed by atoms with Crippen LogP contribution < -0.4 is 15.8 Å². The SMILES string of the molecule is CCCCC(CN)NC(=O)COc1ccc(F)c(Cl)c1.Cl. The molecule has 1 amide bonds. The minimum Gasteiger partial charge on any atom is -0.484 e. The first kappa shape index (κ1) is 20.0. The zero-order chi connectivity index (χ0) is 15.0. The highest BCUT2D eigenvalue weighted by molar-refractivity contribution is 6.30. The van der Waals surface area contributed by atoms with Crippen LogP contribution >= 0.6 is 24.0 Å². The van der Waals surface area contributed by atoms with Crippen molar-refractivity contribution in [3.63, 3.8) is 0 Å². The number of ether oxygens (including phenoxy) is 1. The highest BCUT2D eigenvalue weighted by Gasteiger charge is 2.11. The molecule has 3 N–H and O–H groups in total. The fourth-order valence-electron chi connectivity index (χ4n) is 1.68. The van der Waals surface area contributed by atoms with E-state index >= 15 is 0 Å². The standard InChI is InChI=1S/C14H20ClFN2O2.ClH/c1-2-3-4-10(8-17)18-14(19)9-20-11-5-6-13(16)12(15)7-11;/h5-7,10H,2-4,8-9,17H2,1H3,(H,18,19);1H. The quantitative estimate of drug-likeness (QED) is 0.765. The van der Waals surface area contributed by atoms with Crippen molar-refractivity contribution >= 4 is 29.9 Å². The zero-order valence-electron chi connectivity index (χ0n) is 11.9. The van der Waals surface area contributed by atoms with E-state index in [0.717, 1.165) is 19.3 Å². The zero-order valence-corrected chi connectivity index (χ0v) is 13.5. The lowest BCUT2D eigenvalue weighted by molar-refractivity contribution is -0.123. The molecular weight excluding hydrogens is 318 g/mol. The Kier molecular flexibility index (Phi) is 10.1. The number of benzene rings is 1. The van der Waals surface area contributed by atoms with Crippen LogP contribution in [0, 0.1) is 5.82 Å². The Hall–Kier alpha value is -1.04. The number of unbranched alkanes of at least 4 members (excludes halogenated alkanes) is 1. The van der Waals surface area contributed by atoms with Crippen molar-refractivity contribution in [2.75, 3.05) is 13.2 Å². The van der Waals surface area contributed by atoms with E-state index in [2.05, 4.69) is 12.2 Å². The van der Waals surface area contributed by atoms with Crippen LogP contribution in [0.3, 0.4) is 0 Å². The normalized spacial score (nSPS) is 11.4. The summed E-state index contributed by atoms with van der Waals surface area (Å²) in [6, 6.07) is 3.91. The van der Waals surface area contributed by atoms with Crippen LogP contribution in [0.4, 0.5) is 4.39 Å². The van der Waals surface area contributed by atoms with Gasteiger partial charge in [-0.25, -0.2) is 4.39 Å². The van der Waals surface area contributed by atoms with Crippen molar-refractivity contribution in [3.8, 4) is 5.75 Å². The monoisotopic (exact) mass is 338 g/mol. The average molecular weight is 339 g/mol. The van der Waals surface area contributed by atoms with Gasteiger partial charge in [-0.2, -0.15) is 0 Å². The largest absolute Gasteiger partial charge is 0.484 e. The summed E-state index contributed by atoms with van der Waals surface area (Å²) in [4.78, 5) is 11.7. The molecule has 120 valence electrons. The number of carbonyl (C=O) groups is 1. The van der Waals surface area contributed by atoms with Crippen LogP contribution in [0.5, 0.6) is 5.75 Å². The van der Waals surface area contributed by atoms with Crippen LogP contribution in [-0.2, 0) is 4.79 Å². The van der Waals surface area contributed by atoms with E-state index < -0.39 is 5.82 Å². The summed E-state index contributed by atoms with van der Waals surface area (Å²) in [6.45, 7) is 2.33. The minimum absolute atomic E-state index is 0. The fraction of sp³-hybridized carbons (Fsp3) is 0.500. The fourth-order valence-corrected chi connectivity index (χ4v) is 1.85. The molecule has 4 nitrogen and oxygen atoms in total. The Labute approximate surface area is 135 Å². The molecule has 0 bridgehead atoms. The summed E-state index contributed by atoms with van der Waals surface area (Å²) in [5.74, 6) is -0.423. The van der Waals surface area contributed by atoms with Crippen molar-refractivity contribution in [3.05, 3.63) is 29.0 Å². The van der Waals surface area contributed by atoms with Crippen LogP contribution in [-0.4, -0.2) is 25.1 Å². The summed E-state index contributed by atoms with van der Waals surface area (Å²) in [5.41, 5.74) is 5.59. The first-order chi connectivity index (χ1) is 9.56. The number of amides is 1. The van der Waals surface area contributed by atoms with Gasteiger partial charge in [-0.15, -0.1) is 12.4 Å². The summed E-state index contributed by atoms with van der Waals surface area (Å²) >= 11 is 5.62. The van der Waals surface area contributed by atoms with Crippen molar-refractivity contribution in [1.82, 2.24) is 5.32 Å². The minimum atomic E-state index is -0.522. The van der Waals surface area contributed by atoms with Crippen LogP contribution in [0.1, 0.15) is 26.2 Å². The van der Waals surface area contributed by atoms with E-state index in [-0.39, 0.29) is 36.0 Å². The Balaban J connectivity index is 0.00000400. The third kappa shape index (κ3) is 7.50. The number of hydrogen-bond acceptors (Lipinski definition) is 3. The molecule has 1 rings (SSSR count). The molecule has 0 radical (unpaired) electrons. The molecule has 0 aromatic heterocycles. The predicted octanol–water partition coefficient (Wildman–Crippen LogP) is 2.91. The van der Waals surface area contributed by atoms with Gasteiger partial charge in [0.25, 0.3) is 5.91 Å². The van der Waals surface area contributed by atoms with E-state index in [1.165, 1.54) is 18.2 Å². The van der Waals surface area contributed by atoms with Crippen molar-refractivity contribution in [1.29, 1.82) is 0 Å². The molecule has 0 spiro atoms. The van der Waals surface area contributed by atoms with Crippen LogP contribution in [0.25, 0.3) is 0 Å². The topological polar surface area (TPSA) is 64.3 Å². The second-order valence-electron chi connectivity index (χ2n) is 4.51. The Morgan fingerprint density at radius 1 is 1.52 bits per heavy atom. The lowest BCUT2D eigenvalue weighted by Crippen LogP contribution is -2.42. The average Bonchev–Trinajstić information content (AvgIpc) is 2.44. The van der Waals surface area contributed by atoms with Crippen LogP contribution in [0.2, 0.25) is 5.02 Å². The molecule has 0 aliphatic rings. The van der Waals surface area contributed by atoms with Gasteiger partial charge in [-0.05, 0) is 18.6 Å². The molecule has 0 heterocycles. The number of carbonyl (C=O) groups excluding carboxylic acids is 1. The number of nitrogens with two attached hydrogens (primary N) is 1. The maximum Gasteiger partial charge on any atom is 0.258 e. The summed E-state index contributed by atoms with van der Waals surface area (Å²) < 4.78 is 18.2. The molecule has 0 aliphatic heterocycles. The van der Waals surface area contributed by atoms with Crippen molar-refractivity contribution in [2.24, 2.45) is 5.73 Å². The van der Waals surface area contributed by atoms with Gasteiger partial charge >= 0.3 is 0 Å². The number of nitrogens with one attached hydrogen (secondary N) is 1. The van der Waals surface area contributed by atoms with Gasteiger partial charge in [0.05, 0.1) is 5.02 Å². The molecule has 0 saturated heterocycles.